The Kier molecular flexibility index (Phi) is 7.26. The van der Waals surface area contributed by atoms with Gasteiger partial charge in [0, 0.05) is 23.8 Å². The molecule has 0 aliphatic heterocycles. The van der Waals surface area contributed by atoms with Crippen LogP contribution in [0.15, 0.2) is 30.3 Å². The molecule has 0 saturated carbocycles. The zero-order valence-corrected chi connectivity index (χ0v) is 14.9. The van der Waals surface area contributed by atoms with E-state index < -0.39 is 0 Å². The number of benzene rings is 1. The summed E-state index contributed by atoms with van der Waals surface area (Å²) in [5.41, 5.74) is 3.97. The Balaban J connectivity index is 0.00000264. The maximum atomic E-state index is 12.0. The van der Waals surface area contributed by atoms with Gasteiger partial charge in [-0.15, -0.1) is 12.4 Å². The van der Waals surface area contributed by atoms with Crippen LogP contribution in [0.2, 0.25) is 0 Å². The predicted octanol–water partition coefficient (Wildman–Crippen LogP) is 2.31. The minimum atomic E-state index is -0.0419. The number of rotatable bonds is 6. The number of halogens is 1. The standard InChI is InChI=1S/C17H24N4O.ClH/c1-12-9-14(3)21(20-12)11-15-5-7-16(8-6-15)17(22)19-10-13(2)18-4;/h5-9,13,18H,10-11H2,1-4H3,(H,19,22);1H. The van der Waals surface area contributed by atoms with Gasteiger partial charge in [0.05, 0.1) is 12.2 Å². The Morgan fingerprint density at radius 1 is 1.26 bits per heavy atom. The van der Waals surface area contributed by atoms with Gasteiger partial charge in [-0.3, -0.25) is 9.48 Å². The summed E-state index contributed by atoms with van der Waals surface area (Å²) >= 11 is 0. The van der Waals surface area contributed by atoms with E-state index in [0.717, 1.165) is 23.5 Å². The number of hydrogen-bond donors (Lipinski definition) is 2. The van der Waals surface area contributed by atoms with Crippen molar-refractivity contribution in [3.8, 4) is 0 Å². The minimum absolute atomic E-state index is 0. The van der Waals surface area contributed by atoms with Crippen LogP contribution in [0.5, 0.6) is 0 Å². The smallest absolute Gasteiger partial charge is 0.251 e. The van der Waals surface area contributed by atoms with Gasteiger partial charge >= 0.3 is 0 Å². The van der Waals surface area contributed by atoms with E-state index in [2.05, 4.69) is 21.8 Å². The van der Waals surface area contributed by atoms with Crippen molar-refractivity contribution in [1.29, 1.82) is 0 Å². The summed E-state index contributed by atoms with van der Waals surface area (Å²) in [4.78, 5) is 12.0. The predicted molar refractivity (Wildman–Crippen MR) is 95.3 cm³/mol. The number of aryl methyl sites for hydroxylation is 2. The van der Waals surface area contributed by atoms with Crippen molar-refractivity contribution in [3.63, 3.8) is 0 Å². The summed E-state index contributed by atoms with van der Waals surface area (Å²) in [6.45, 7) is 7.40. The topological polar surface area (TPSA) is 58.9 Å². The molecule has 1 aromatic heterocycles. The lowest BCUT2D eigenvalue weighted by atomic mass is 10.1. The number of aromatic nitrogens is 2. The summed E-state index contributed by atoms with van der Waals surface area (Å²) in [6, 6.07) is 10.00. The quantitative estimate of drug-likeness (QED) is 0.851. The third-order valence-corrected chi connectivity index (χ3v) is 3.71. The number of carbonyl (C=O) groups is 1. The molecule has 2 rings (SSSR count). The van der Waals surface area contributed by atoms with Crippen molar-refractivity contribution in [1.82, 2.24) is 20.4 Å². The van der Waals surface area contributed by atoms with Crippen LogP contribution < -0.4 is 10.6 Å². The number of likely N-dealkylation sites (N-methyl/N-ethyl adjacent to an activating group) is 1. The molecule has 1 atom stereocenters. The van der Waals surface area contributed by atoms with E-state index in [4.69, 9.17) is 0 Å². The van der Waals surface area contributed by atoms with E-state index in [9.17, 15) is 4.79 Å². The van der Waals surface area contributed by atoms with Gasteiger partial charge in [-0.2, -0.15) is 5.10 Å². The fourth-order valence-electron chi connectivity index (χ4n) is 2.22. The van der Waals surface area contributed by atoms with Gasteiger partial charge in [-0.1, -0.05) is 12.1 Å². The summed E-state index contributed by atoms with van der Waals surface area (Å²) < 4.78 is 1.97. The number of nitrogens with zero attached hydrogens (tertiary/aromatic N) is 2. The SMILES string of the molecule is CNC(C)CNC(=O)c1ccc(Cn2nc(C)cc2C)cc1.Cl. The molecule has 126 valence electrons. The average Bonchev–Trinajstić information content (AvgIpc) is 2.82. The molecule has 0 saturated heterocycles. The molecule has 23 heavy (non-hydrogen) atoms. The van der Waals surface area contributed by atoms with Gasteiger partial charge in [0.25, 0.3) is 5.91 Å². The first-order valence-corrected chi connectivity index (χ1v) is 7.55. The lowest BCUT2D eigenvalue weighted by Gasteiger charge is -2.11. The highest BCUT2D eigenvalue weighted by atomic mass is 35.5. The van der Waals surface area contributed by atoms with Crippen LogP contribution in [-0.4, -0.2) is 35.3 Å². The largest absolute Gasteiger partial charge is 0.350 e. The van der Waals surface area contributed by atoms with Crippen LogP contribution in [0.4, 0.5) is 0 Å². The third kappa shape index (κ3) is 5.37. The average molecular weight is 337 g/mol. The molecule has 0 bridgehead atoms. The molecule has 2 aromatic rings. The highest BCUT2D eigenvalue weighted by Crippen LogP contribution is 2.09. The molecule has 0 spiro atoms. The van der Waals surface area contributed by atoms with Gasteiger partial charge < -0.3 is 10.6 Å². The normalized spacial score (nSPS) is 11.7. The van der Waals surface area contributed by atoms with Gasteiger partial charge in [0.15, 0.2) is 0 Å². The molecule has 1 unspecified atom stereocenters. The highest BCUT2D eigenvalue weighted by Gasteiger charge is 2.07. The van der Waals surface area contributed by atoms with Crippen molar-refractivity contribution < 1.29 is 4.79 Å². The van der Waals surface area contributed by atoms with E-state index in [0.29, 0.717) is 12.1 Å². The van der Waals surface area contributed by atoms with Crippen molar-refractivity contribution in [2.75, 3.05) is 13.6 Å². The molecule has 0 aliphatic carbocycles. The first kappa shape index (κ1) is 19.2. The molecule has 0 fully saturated rings. The number of hydrogen-bond acceptors (Lipinski definition) is 3. The van der Waals surface area contributed by atoms with Crippen LogP contribution in [-0.2, 0) is 6.54 Å². The van der Waals surface area contributed by atoms with E-state index in [1.165, 1.54) is 0 Å². The first-order valence-electron chi connectivity index (χ1n) is 7.55. The summed E-state index contributed by atoms with van der Waals surface area (Å²) in [6.07, 6.45) is 0. The monoisotopic (exact) mass is 336 g/mol. The molecule has 6 heteroatoms. The Labute approximate surface area is 143 Å². The van der Waals surface area contributed by atoms with E-state index in [1.807, 2.05) is 56.8 Å². The summed E-state index contributed by atoms with van der Waals surface area (Å²) in [5.74, 6) is -0.0419. The number of nitrogens with one attached hydrogen (secondary N) is 2. The lowest BCUT2D eigenvalue weighted by molar-refractivity contribution is 0.0950. The van der Waals surface area contributed by atoms with Crippen molar-refractivity contribution >= 4 is 18.3 Å². The van der Waals surface area contributed by atoms with Crippen LogP contribution in [0.25, 0.3) is 0 Å². The molecule has 1 aromatic carbocycles. The zero-order valence-electron chi connectivity index (χ0n) is 14.1. The summed E-state index contributed by atoms with van der Waals surface area (Å²) in [5, 5.41) is 10.5. The zero-order chi connectivity index (χ0) is 16.1. The highest BCUT2D eigenvalue weighted by molar-refractivity contribution is 5.94. The molecular formula is C17H25ClN4O. The maximum Gasteiger partial charge on any atom is 0.251 e. The third-order valence-electron chi connectivity index (χ3n) is 3.71. The first-order chi connectivity index (χ1) is 10.5. The molecule has 0 aliphatic rings. The molecule has 1 amide bonds. The van der Waals surface area contributed by atoms with Gasteiger partial charge in [-0.25, -0.2) is 0 Å². The maximum absolute atomic E-state index is 12.0. The summed E-state index contributed by atoms with van der Waals surface area (Å²) in [7, 11) is 1.88. The van der Waals surface area contributed by atoms with E-state index in [-0.39, 0.29) is 24.4 Å². The second-order valence-corrected chi connectivity index (χ2v) is 5.68. The van der Waals surface area contributed by atoms with Crippen molar-refractivity contribution in [2.24, 2.45) is 0 Å². The molecular weight excluding hydrogens is 312 g/mol. The Morgan fingerprint density at radius 3 is 2.43 bits per heavy atom. The molecule has 5 nitrogen and oxygen atoms in total. The second kappa shape index (κ2) is 8.70. The Morgan fingerprint density at radius 2 is 1.91 bits per heavy atom. The fraction of sp³-hybridized carbons (Fsp3) is 0.412. The molecule has 2 N–H and O–H groups in total. The van der Waals surface area contributed by atoms with Crippen molar-refractivity contribution in [3.05, 3.63) is 52.8 Å². The Hall–Kier alpha value is -1.85. The molecule has 1 heterocycles. The number of carbonyl (C=O) groups excluding carboxylic acids is 1. The minimum Gasteiger partial charge on any atom is -0.350 e. The van der Waals surface area contributed by atoms with Crippen molar-refractivity contribution in [2.45, 2.75) is 33.4 Å². The van der Waals surface area contributed by atoms with E-state index >= 15 is 0 Å². The fourth-order valence-corrected chi connectivity index (χ4v) is 2.22. The van der Waals surface area contributed by atoms with Crippen LogP contribution in [0.3, 0.4) is 0 Å². The van der Waals surface area contributed by atoms with Gasteiger partial charge in [0.2, 0.25) is 0 Å². The van der Waals surface area contributed by atoms with Crippen LogP contribution in [0, 0.1) is 13.8 Å². The lowest BCUT2D eigenvalue weighted by Crippen LogP contribution is -2.37. The van der Waals surface area contributed by atoms with Gasteiger partial charge in [-0.05, 0) is 51.6 Å². The van der Waals surface area contributed by atoms with Crippen LogP contribution in [0.1, 0.15) is 34.2 Å². The van der Waals surface area contributed by atoms with E-state index in [1.54, 1.807) is 0 Å². The van der Waals surface area contributed by atoms with Gasteiger partial charge in [0.1, 0.15) is 0 Å². The molecule has 0 radical (unpaired) electrons. The van der Waals surface area contributed by atoms with Crippen LogP contribution >= 0.6 is 12.4 Å². The second-order valence-electron chi connectivity index (χ2n) is 5.68. The Bertz CT molecular complexity index is 637. The number of amides is 1.